The number of benzene rings is 2. The zero-order valence-corrected chi connectivity index (χ0v) is 13.5. The van der Waals surface area contributed by atoms with Crippen LogP contribution in [-0.2, 0) is 0 Å². The summed E-state index contributed by atoms with van der Waals surface area (Å²) in [7, 11) is 0. The highest BCUT2D eigenvalue weighted by atomic mass is 35.5. The monoisotopic (exact) mass is 345 g/mol. The molecular weight excluding hydrogens is 333 g/mol. The molecule has 0 bridgehead atoms. The molecule has 1 aliphatic heterocycles. The fourth-order valence-corrected chi connectivity index (χ4v) is 3.17. The van der Waals surface area contributed by atoms with Gasteiger partial charge in [0.15, 0.2) is 0 Å². The second-order valence-corrected chi connectivity index (χ2v) is 6.37. The minimum Gasteiger partial charge on any atom is -0.346 e. The van der Waals surface area contributed by atoms with E-state index in [1.54, 1.807) is 0 Å². The van der Waals surface area contributed by atoms with Crippen LogP contribution in [0.1, 0.15) is 29.6 Å². The van der Waals surface area contributed by atoms with Gasteiger partial charge in [0.1, 0.15) is 0 Å². The van der Waals surface area contributed by atoms with Crippen molar-refractivity contribution in [2.75, 3.05) is 5.32 Å². The largest absolute Gasteiger partial charge is 0.346 e. The van der Waals surface area contributed by atoms with Crippen molar-refractivity contribution in [1.82, 2.24) is 20.2 Å². The molecule has 1 aromatic heterocycles. The molecule has 0 fully saturated rings. The molecule has 7 heteroatoms. The average molecular weight is 346 g/mol. The third-order valence-electron chi connectivity index (χ3n) is 4.08. The number of rotatable bonds is 2. The lowest BCUT2D eigenvalue weighted by Crippen LogP contribution is -2.28. The lowest BCUT2D eigenvalue weighted by atomic mass is 9.93. The van der Waals surface area contributed by atoms with Gasteiger partial charge in [-0.3, -0.25) is 0 Å². The van der Waals surface area contributed by atoms with Crippen LogP contribution in [-0.4, -0.2) is 20.2 Å². The lowest BCUT2D eigenvalue weighted by Gasteiger charge is -2.31. The van der Waals surface area contributed by atoms with Gasteiger partial charge in [-0.2, -0.15) is 0 Å². The van der Waals surface area contributed by atoms with E-state index in [4.69, 9.17) is 23.2 Å². The molecule has 0 amide bonds. The number of nitrogens with zero attached hydrogens (tertiary/aromatic N) is 4. The van der Waals surface area contributed by atoms with Gasteiger partial charge in [-0.15, -0.1) is 0 Å². The highest BCUT2D eigenvalue weighted by molar-refractivity contribution is 6.30. The predicted octanol–water partition coefficient (Wildman–Crippen LogP) is 4.13. The summed E-state index contributed by atoms with van der Waals surface area (Å²) in [5.41, 5.74) is 2.28. The van der Waals surface area contributed by atoms with Crippen molar-refractivity contribution in [2.24, 2.45) is 0 Å². The molecule has 2 aromatic carbocycles. The molecule has 1 N–H and O–H groups in total. The average Bonchev–Trinajstić information content (AvgIpc) is 3.04. The summed E-state index contributed by atoms with van der Waals surface area (Å²) in [5, 5.41) is 16.8. The zero-order valence-electron chi connectivity index (χ0n) is 12.0. The van der Waals surface area contributed by atoms with Crippen molar-refractivity contribution in [2.45, 2.75) is 18.5 Å². The molecule has 2 heterocycles. The van der Waals surface area contributed by atoms with E-state index < -0.39 is 0 Å². The minimum absolute atomic E-state index is 0.0548. The Kier molecular flexibility index (Phi) is 3.67. The van der Waals surface area contributed by atoms with Gasteiger partial charge in [-0.05, 0) is 52.2 Å². The van der Waals surface area contributed by atoms with Gasteiger partial charge in [-0.1, -0.05) is 52.6 Å². The minimum atomic E-state index is 0.0548. The highest BCUT2D eigenvalue weighted by Gasteiger charge is 2.30. The van der Waals surface area contributed by atoms with Gasteiger partial charge >= 0.3 is 0 Å². The summed E-state index contributed by atoms with van der Waals surface area (Å²) in [6.45, 7) is 0. The van der Waals surface area contributed by atoms with Crippen LogP contribution in [0.2, 0.25) is 10.0 Å². The maximum atomic E-state index is 6.00. The molecule has 1 aliphatic rings. The Morgan fingerprint density at radius 3 is 2.17 bits per heavy atom. The molecule has 0 radical (unpaired) electrons. The lowest BCUT2D eigenvalue weighted by molar-refractivity contribution is 0.424. The van der Waals surface area contributed by atoms with Crippen molar-refractivity contribution in [3.8, 4) is 0 Å². The summed E-state index contributed by atoms with van der Waals surface area (Å²) >= 11 is 12.0. The van der Waals surface area contributed by atoms with E-state index in [9.17, 15) is 0 Å². The summed E-state index contributed by atoms with van der Waals surface area (Å²) in [5.74, 6) is 0.663. The Balaban J connectivity index is 1.71. The SMILES string of the molecule is Clc1ccc([C@H]2C[C@@H](c3ccc(Cl)cc3)n3nnnc3N2)cc1. The van der Waals surface area contributed by atoms with Gasteiger partial charge in [0.25, 0.3) is 0 Å². The third kappa shape index (κ3) is 2.78. The first-order valence-electron chi connectivity index (χ1n) is 7.26. The molecule has 0 unspecified atom stereocenters. The first-order valence-corrected chi connectivity index (χ1v) is 8.01. The Bertz CT molecular complexity index is 813. The number of hydrogen-bond donors (Lipinski definition) is 1. The van der Waals surface area contributed by atoms with Crippen LogP contribution in [0.3, 0.4) is 0 Å². The molecule has 23 heavy (non-hydrogen) atoms. The fraction of sp³-hybridized carbons (Fsp3) is 0.188. The number of anilines is 1. The highest BCUT2D eigenvalue weighted by Crippen LogP contribution is 2.37. The second kappa shape index (κ2) is 5.83. The number of hydrogen-bond acceptors (Lipinski definition) is 4. The van der Waals surface area contributed by atoms with Crippen LogP contribution >= 0.6 is 23.2 Å². The van der Waals surface area contributed by atoms with Gasteiger partial charge in [-0.25, -0.2) is 4.68 Å². The quantitative estimate of drug-likeness (QED) is 0.758. The van der Waals surface area contributed by atoms with Crippen molar-refractivity contribution >= 4 is 29.2 Å². The smallest absolute Gasteiger partial charge is 0.243 e. The van der Waals surface area contributed by atoms with Gasteiger partial charge in [0, 0.05) is 10.0 Å². The molecule has 0 spiro atoms. The Morgan fingerprint density at radius 2 is 1.52 bits per heavy atom. The summed E-state index contributed by atoms with van der Waals surface area (Å²) < 4.78 is 1.82. The molecule has 3 aromatic rings. The molecule has 2 atom stereocenters. The number of tetrazole rings is 1. The van der Waals surface area contributed by atoms with E-state index in [1.165, 1.54) is 0 Å². The first-order chi connectivity index (χ1) is 11.2. The van der Waals surface area contributed by atoms with Crippen molar-refractivity contribution in [1.29, 1.82) is 0 Å². The second-order valence-electron chi connectivity index (χ2n) is 5.50. The van der Waals surface area contributed by atoms with Crippen molar-refractivity contribution < 1.29 is 0 Å². The van der Waals surface area contributed by atoms with E-state index in [0.29, 0.717) is 11.0 Å². The number of halogens is 2. The van der Waals surface area contributed by atoms with Crippen LogP contribution in [0, 0.1) is 0 Å². The van der Waals surface area contributed by atoms with E-state index in [0.717, 1.165) is 22.6 Å². The van der Waals surface area contributed by atoms with E-state index >= 15 is 0 Å². The van der Waals surface area contributed by atoms with Gasteiger partial charge in [0.05, 0.1) is 12.1 Å². The summed E-state index contributed by atoms with van der Waals surface area (Å²) in [4.78, 5) is 0. The van der Waals surface area contributed by atoms with E-state index in [-0.39, 0.29) is 12.1 Å². The maximum absolute atomic E-state index is 6.00. The van der Waals surface area contributed by atoms with Gasteiger partial charge < -0.3 is 5.32 Å². The van der Waals surface area contributed by atoms with Crippen LogP contribution in [0.5, 0.6) is 0 Å². The molecular formula is C16H13Cl2N5. The summed E-state index contributed by atoms with van der Waals surface area (Å²) in [6.07, 6.45) is 0.835. The Morgan fingerprint density at radius 1 is 0.913 bits per heavy atom. The number of fused-ring (bicyclic) bond motifs is 1. The third-order valence-corrected chi connectivity index (χ3v) is 4.58. The van der Waals surface area contributed by atoms with Crippen LogP contribution in [0.15, 0.2) is 48.5 Å². The molecule has 0 saturated carbocycles. The van der Waals surface area contributed by atoms with Crippen LogP contribution in [0.25, 0.3) is 0 Å². The van der Waals surface area contributed by atoms with Gasteiger partial charge in [0.2, 0.25) is 5.95 Å². The Hall–Kier alpha value is -2.11. The predicted molar refractivity (Wildman–Crippen MR) is 89.8 cm³/mol. The topological polar surface area (TPSA) is 55.6 Å². The fourth-order valence-electron chi connectivity index (χ4n) is 2.91. The van der Waals surface area contributed by atoms with E-state index in [1.807, 2.05) is 53.2 Å². The number of aromatic nitrogens is 4. The number of nitrogens with one attached hydrogen (secondary N) is 1. The standard InChI is InChI=1S/C16H13Cl2N5/c17-12-5-1-10(2-6-12)14-9-15(11-3-7-13(18)8-4-11)23-16(19-14)20-21-22-23/h1-8,14-15H,9H2,(H,19,20,22)/t14-,15+/m1/s1. The maximum Gasteiger partial charge on any atom is 0.243 e. The molecule has 116 valence electrons. The van der Waals surface area contributed by atoms with Crippen molar-refractivity contribution in [3.05, 3.63) is 69.7 Å². The first kappa shape index (κ1) is 14.5. The van der Waals surface area contributed by atoms with Crippen molar-refractivity contribution in [3.63, 3.8) is 0 Å². The molecule has 4 rings (SSSR count). The molecule has 0 aliphatic carbocycles. The zero-order chi connectivity index (χ0) is 15.8. The molecule has 5 nitrogen and oxygen atoms in total. The Labute approximate surface area is 143 Å². The van der Waals surface area contributed by atoms with E-state index in [2.05, 4.69) is 20.8 Å². The van der Waals surface area contributed by atoms with Crippen LogP contribution < -0.4 is 5.32 Å². The normalized spacial score (nSPS) is 19.9. The van der Waals surface area contributed by atoms with Crippen LogP contribution in [0.4, 0.5) is 5.95 Å². The summed E-state index contributed by atoms with van der Waals surface area (Å²) in [6, 6.07) is 15.8. The molecule has 0 saturated heterocycles.